The maximum absolute atomic E-state index is 10.6. The molecule has 0 spiro atoms. The maximum Gasteiger partial charge on any atom is 0.161 e. The second-order valence-electron chi connectivity index (χ2n) is 2.88. The summed E-state index contributed by atoms with van der Waals surface area (Å²) in [4.78, 5) is 10.6. The van der Waals surface area contributed by atoms with E-state index < -0.39 is 11.7 Å². The molecule has 0 aromatic carbocycles. The minimum Gasteiger partial charge on any atom is -0.393 e. The Balaban J connectivity index is 4.00. The van der Waals surface area contributed by atoms with Crippen LogP contribution in [0.1, 0.15) is 27.2 Å². The van der Waals surface area contributed by atoms with Crippen molar-refractivity contribution in [3.8, 4) is 0 Å². The van der Waals surface area contributed by atoms with E-state index in [-0.39, 0.29) is 12.2 Å². The summed E-state index contributed by atoms with van der Waals surface area (Å²) in [5.41, 5.74) is -1.37. The zero-order valence-electron chi connectivity index (χ0n) is 6.59. The first-order valence-corrected chi connectivity index (χ1v) is 3.28. The highest BCUT2D eigenvalue weighted by molar-refractivity contribution is 5.84. The van der Waals surface area contributed by atoms with E-state index in [0.717, 1.165) is 0 Å². The zero-order valence-corrected chi connectivity index (χ0v) is 6.59. The van der Waals surface area contributed by atoms with Crippen LogP contribution in [0.25, 0.3) is 0 Å². The minimum absolute atomic E-state index is 0.0995. The van der Waals surface area contributed by atoms with Crippen LogP contribution in [0.5, 0.6) is 0 Å². The molecule has 0 saturated heterocycles. The lowest BCUT2D eigenvalue weighted by Crippen LogP contribution is -2.36. The van der Waals surface area contributed by atoms with Crippen LogP contribution in [0.2, 0.25) is 0 Å². The molecule has 3 nitrogen and oxygen atoms in total. The molecule has 0 aliphatic heterocycles. The molecule has 3 heteroatoms. The van der Waals surface area contributed by atoms with Gasteiger partial charge in [0.05, 0.1) is 6.10 Å². The predicted octanol–water partition coefficient (Wildman–Crippen LogP) is 0.0973. The number of Topliss-reactive ketones (excluding diaryl/α,β-unsaturated/α-hetero) is 1. The van der Waals surface area contributed by atoms with Crippen LogP contribution in [-0.2, 0) is 4.79 Å². The lowest BCUT2D eigenvalue weighted by atomic mass is 9.95. The molecular formula is C7H14O3. The van der Waals surface area contributed by atoms with Crippen molar-refractivity contribution in [2.75, 3.05) is 0 Å². The molecule has 2 unspecified atom stereocenters. The van der Waals surface area contributed by atoms with Crippen LogP contribution in [0.15, 0.2) is 0 Å². The van der Waals surface area contributed by atoms with E-state index >= 15 is 0 Å². The standard InChI is InChI=1S/C7H14O3/c1-5(8)4-7(3,10)6(2)9/h5,8,10H,4H2,1-3H3. The van der Waals surface area contributed by atoms with Gasteiger partial charge in [-0.15, -0.1) is 0 Å². The van der Waals surface area contributed by atoms with E-state index in [4.69, 9.17) is 5.11 Å². The van der Waals surface area contributed by atoms with Crippen molar-refractivity contribution < 1.29 is 15.0 Å². The van der Waals surface area contributed by atoms with Gasteiger partial charge in [-0.25, -0.2) is 0 Å². The van der Waals surface area contributed by atoms with E-state index in [9.17, 15) is 9.90 Å². The Labute approximate surface area is 60.7 Å². The summed E-state index contributed by atoms with van der Waals surface area (Å²) in [6.07, 6.45) is -0.540. The molecule has 0 aromatic rings. The number of carbonyl (C=O) groups excluding carboxylic acids is 1. The number of aliphatic hydroxyl groups excluding tert-OH is 1. The summed E-state index contributed by atoms with van der Waals surface area (Å²) in [6, 6.07) is 0. The lowest BCUT2D eigenvalue weighted by Gasteiger charge is -2.20. The Bertz CT molecular complexity index is 127. The van der Waals surface area contributed by atoms with E-state index in [2.05, 4.69) is 0 Å². The van der Waals surface area contributed by atoms with Crippen LogP contribution >= 0.6 is 0 Å². The van der Waals surface area contributed by atoms with Gasteiger partial charge in [0.1, 0.15) is 5.60 Å². The Hall–Kier alpha value is -0.410. The highest BCUT2D eigenvalue weighted by Crippen LogP contribution is 2.12. The van der Waals surface area contributed by atoms with Gasteiger partial charge in [-0.2, -0.15) is 0 Å². The fourth-order valence-electron chi connectivity index (χ4n) is 0.719. The van der Waals surface area contributed by atoms with Gasteiger partial charge in [-0.3, -0.25) is 4.79 Å². The molecule has 0 aliphatic carbocycles. The lowest BCUT2D eigenvalue weighted by molar-refractivity contribution is -0.136. The van der Waals surface area contributed by atoms with Crippen molar-refractivity contribution in [2.24, 2.45) is 0 Å². The Morgan fingerprint density at radius 3 is 2.20 bits per heavy atom. The van der Waals surface area contributed by atoms with E-state index in [1.54, 1.807) is 0 Å². The number of aliphatic hydroxyl groups is 2. The molecule has 0 radical (unpaired) electrons. The number of rotatable bonds is 3. The molecule has 0 aromatic heterocycles. The first-order valence-electron chi connectivity index (χ1n) is 3.28. The summed E-state index contributed by atoms with van der Waals surface area (Å²) < 4.78 is 0. The van der Waals surface area contributed by atoms with Gasteiger partial charge < -0.3 is 10.2 Å². The summed E-state index contributed by atoms with van der Waals surface area (Å²) >= 11 is 0. The van der Waals surface area contributed by atoms with Gasteiger partial charge in [0, 0.05) is 6.42 Å². The van der Waals surface area contributed by atoms with Crippen molar-refractivity contribution in [3.63, 3.8) is 0 Å². The second kappa shape index (κ2) is 3.12. The molecule has 0 heterocycles. The van der Waals surface area contributed by atoms with Crippen LogP contribution in [0.4, 0.5) is 0 Å². The van der Waals surface area contributed by atoms with Gasteiger partial charge in [0.25, 0.3) is 0 Å². The van der Waals surface area contributed by atoms with Crippen LogP contribution in [0.3, 0.4) is 0 Å². The van der Waals surface area contributed by atoms with Gasteiger partial charge in [0.2, 0.25) is 0 Å². The van der Waals surface area contributed by atoms with Gasteiger partial charge >= 0.3 is 0 Å². The van der Waals surface area contributed by atoms with Gasteiger partial charge in [-0.05, 0) is 20.8 Å². The number of carbonyl (C=O) groups is 1. The van der Waals surface area contributed by atoms with Gasteiger partial charge in [0.15, 0.2) is 5.78 Å². The summed E-state index contributed by atoms with van der Waals surface area (Å²) in [5, 5.41) is 18.1. The topological polar surface area (TPSA) is 57.5 Å². The summed E-state index contributed by atoms with van der Waals surface area (Å²) in [6.45, 7) is 4.25. The first kappa shape index (κ1) is 9.59. The zero-order chi connectivity index (χ0) is 8.36. The Morgan fingerprint density at radius 2 is 2.10 bits per heavy atom. The molecule has 0 bridgehead atoms. The largest absolute Gasteiger partial charge is 0.393 e. The van der Waals surface area contributed by atoms with E-state index in [1.165, 1.54) is 20.8 Å². The van der Waals surface area contributed by atoms with E-state index in [0.29, 0.717) is 0 Å². The third-order valence-corrected chi connectivity index (χ3v) is 1.45. The molecule has 0 amide bonds. The molecule has 2 N–H and O–H groups in total. The second-order valence-corrected chi connectivity index (χ2v) is 2.88. The van der Waals surface area contributed by atoms with Crippen molar-refractivity contribution in [1.29, 1.82) is 0 Å². The monoisotopic (exact) mass is 146 g/mol. The van der Waals surface area contributed by atoms with Crippen LogP contribution in [0, 0.1) is 0 Å². The van der Waals surface area contributed by atoms with Crippen molar-refractivity contribution in [3.05, 3.63) is 0 Å². The predicted molar refractivity (Wildman–Crippen MR) is 37.6 cm³/mol. The van der Waals surface area contributed by atoms with E-state index in [1.807, 2.05) is 0 Å². The third-order valence-electron chi connectivity index (χ3n) is 1.45. The molecule has 0 saturated carbocycles. The smallest absolute Gasteiger partial charge is 0.161 e. The Kier molecular flexibility index (Phi) is 2.99. The molecule has 10 heavy (non-hydrogen) atoms. The maximum atomic E-state index is 10.6. The number of ketones is 1. The van der Waals surface area contributed by atoms with Crippen molar-refractivity contribution in [2.45, 2.75) is 38.9 Å². The highest BCUT2D eigenvalue weighted by Gasteiger charge is 2.27. The van der Waals surface area contributed by atoms with Crippen LogP contribution in [-0.4, -0.2) is 27.7 Å². The fourth-order valence-corrected chi connectivity index (χ4v) is 0.719. The summed E-state index contributed by atoms with van der Waals surface area (Å²) in [7, 11) is 0. The molecule has 60 valence electrons. The normalized spacial score (nSPS) is 19.7. The van der Waals surface area contributed by atoms with Crippen LogP contribution < -0.4 is 0 Å². The minimum atomic E-state index is -1.37. The summed E-state index contributed by atoms with van der Waals surface area (Å²) in [5.74, 6) is -0.312. The fraction of sp³-hybridized carbons (Fsp3) is 0.857. The molecule has 0 rings (SSSR count). The average molecular weight is 146 g/mol. The van der Waals surface area contributed by atoms with Crippen molar-refractivity contribution in [1.82, 2.24) is 0 Å². The average Bonchev–Trinajstić information content (AvgIpc) is 1.60. The third kappa shape index (κ3) is 2.94. The molecule has 2 atom stereocenters. The quantitative estimate of drug-likeness (QED) is 0.593. The van der Waals surface area contributed by atoms with Crippen molar-refractivity contribution >= 4 is 5.78 Å². The SMILES string of the molecule is CC(=O)C(C)(O)CC(C)O. The number of hydrogen-bond donors (Lipinski definition) is 2. The highest BCUT2D eigenvalue weighted by atomic mass is 16.3. The molecule has 0 fully saturated rings. The molecular weight excluding hydrogens is 132 g/mol. The first-order chi connectivity index (χ1) is 4.36. The van der Waals surface area contributed by atoms with Gasteiger partial charge in [-0.1, -0.05) is 0 Å². The number of hydrogen-bond acceptors (Lipinski definition) is 3. The Morgan fingerprint density at radius 1 is 1.70 bits per heavy atom. The molecule has 0 aliphatic rings.